The second kappa shape index (κ2) is 8.24. The highest BCUT2D eigenvalue weighted by Crippen LogP contribution is 2.34. The van der Waals surface area contributed by atoms with E-state index in [1.165, 1.54) is 30.3 Å². The topological polar surface area (TPSA) is 84.5 Å². The Hall–Kier alpha value is -2.16. The molecule has 3 rings (SSSR count). The van der Waals surface area contributed by atoms with Crippen molar-refractivity contribution in [3.63, 3.8) is 0 Å². The van der Waals surface area contributed by atoms with Crippen LogP contribution in [0, 0.1) is 0 Å². The standard InChI is InChI=1S/C19H19BrN2O4S/c1-2-10-21-27(24,25)15-6-3-13(4-7-15)19(23)22-17-9-11-26-18-8-5-14(20)12-16(17)18/h2-8,12,17,21H,1,9-11H2,(H,22,23). The van der Waals surface area contributed by atoms with E-state index in [4.69, 9.17) is 4.74 Å². The first-order valence-electron chi connectivity index (χ1n) is 8.34. The highest BCUT2D eigenvalue weighted by Gasteiger charge is 2.24. The zero-order chi connectivity index (χ0) is 19.4. The largest absolute Gasteiger partial charge is 0.493 e. The summed E-state index contributed by atoms with van der Waals surface area (Å²) >= 11 is 3.44. The number of halogens is 1. The van der Waals surface area contributed by atoms with E-state index in [2.05, 4.69) is 32.5 Å². The molecule has 6 nitrogen and oxygen atoms in total. The zero-order valence-corrected chi connectivity index (χ0v) is 16.8. The molecule has 1 aliphatic heterocycles. The molecular formula is C19H19BrN2O4S. The van der Waals surface area contributed by atoms with Crippen LogP contribution in [0.4, 0.5) is 0 Å². The second-order valence-electron chi connectivity index (χ2n) is 6.01. The monoisotopic (exact) mass is 450 g/mol. The van der Waals surface area contributed by atoms with Gasteiger partial charge in [-0.3, -0.25) is 4.79 Å². The van der Waals surface area contributed by atoms with Crippen LogP contribution in [0.25, 0.3) is 0 Å². The molecule has 0 radical (unpaired) electrons. The van der Waals surface area contributed by atoms with Crippen LogP contribution in [0.3, 0.4) is 0 Å². The van der Waals surface area contributed by atoms with Crippen LogP contribution in [-0.2, 0) is 10.0 Å². The Balaban J connectivity index is 1.74. The van der Waals surface area contributed by atoms with Crippen molar-refractivity contribution in [2.75, 3.05) is 13.2 Å². The van der Waals surface area contributed by atoms with Gasteiger partial charge >= 0.3 is 0 Å². The number of carbonyl (C=O) groups is 1. The lowest BCUT2D eigenvalue weighted by Gasteiger charge is -2.27. The Labute approximate surface area is 166 Å². The third-order valence-electron chi connectivity index (χ3n) is 4.16. The minimum absolute atomic E-state index is 0.0984. The normalized spacial score (nSPS) is 16.1. The molecule has 0 spiro atoms. The molecule has 2 aromatic rings. The number of nitrogens with one attached hydrogen (secondary N) is 2. The summed E-state index contributed by atoms with van der Waals surface area (Å²) in [5, 5.41) is 2.99. The van der Waals surface area contributed by atoms with E-state index in [1.807, 2.05) is 18.2 Å². The quantitative estimate of drug-likeness (QED) is 0.661. The van der Waals surface area contributed by atoms with Gasteiger partial charge in [0.1, 0.15) is 5.75 Å². The summed E-state index contributed by atoms with van der Waals surface area (Å²) in [4.78, 5) is 12.7. The first-order valence-corrected chi connectivity index (χ1v) is 10.6. The maximum atomic E-state index is 12.6. The Kier molecular flexibility index (Phi) is 5.98. The smallest absolute Gasteiger partial charge is 0.251 e. The van der Waals surface area contributed by atoms with Crippen LogP contribution in [0.15, 0.2) is 64.5 Å². The summed E-state index contributed by atoms with van der Waals surface area (Å²) < 4.78 is 33.1. The van der Waals surface area contributed by atoms with Crippen molar-refractivity contribution in [2.45, 2.75) is 17.4 Å². The van der Waals surface area contributed by atoms with E-state index in [0.717, 1.165) is 15.8 Å². The van der Waals surface area contributed by atoms with Crippen LogP contribution in [0.5, 0.6) is 5.75 Å². The lowest BCUT2D eigenvalue weighted by molar-refractivity contribution is 0.0924. The van der Waals surface area contributed by atoms with Gasteiger partial charge in [0.25, 0.3) is 5.91 Å². The SMILES string of the molecule is C=CCNS(=O)(=O)c1ccc(C(=O)NC2CCOc3ccc(Br)cc32)cc1. The van der Waals surface area contributed by atoms with Gasteiger partial charge in [0.15, 0.2) is 0 Å². The number of sulfonamides is 1. The van der Waals surface area contributed by atoms with E-state index >= 15 is 0 Å². The summed E-state index contributed by atoms with van der Waals surface area (Å²) in [7, 11) is -3.61. The Morgan fingerprint density at radius 1 is 1.26 bits per heavy atom. The number of rotatable bonds is 6. The van der Waals surface area contributed by atoms with Crippen LogP contribution < -0.4 is 14.8 Å². The summed E-state index contributed by atoms with van der Waals surface area (Å²) in [5.41, 5.74) is 1.30. The number of benzene rings is 2. The van der Waals surface area contributed by atoms with Crippen molar-refractivity contribution in [3.05, 3.63) is 70.7 Å². The fourth-order valence-electron chi connectivity index (χ4n) is 2.79. The summed E-state index contributed by atoms with van der Waals surface area (Å²) in [6.45, 7) is 4.14. The number of hydrogen-bond acceptors (Lipinski definition) is 4. The minimum atomic E-state index is -3.61. The fraction of sp³-hybridized carbons (Fsp3) is 0.211. The molecule has 1 amide bonds. The molecule has 142 valence electrons. The third kappa shape index (κ3) is 4.58. The maximum Gasteiger partial charge on any atom is 0.251 e. The van der Waals surface area contributed by atoms with Crippen molar-refractivity contribution in [3.8, 4) is 5.75 Å². The molecule has 1 atom stereocenters. The van der Waals surface area contributed by atoms with E-state index in [0.29, 0.717) is 18.6 Å². The first kappa shape index (κ1) is 19.6. The molecule has 1 heterocycles. The molecule has 0 saturated heterocycles. The van der Waals surface area contributed by atoms with Crippen molar-refractivity contribution in [1.82, 2.24) is 10.0 Å². The molecule has 8 heteroatoms. The number of hydrogen-bond donors (Lipinski definition) is 2. The molecule has 0 fully saturated rings. The molecule has 0 aromatic heterocycles. The zero-order valence-electron chi connectivity index (χ0n) is 14.4. The van der Waals surface area contributed by atoms with Crippen molar-refractivity contribution in [1.29, 1.82) is 0 Å². The summed E-state index contributed by atoms with van der Waals surface area (Å²) in [6.07, 6.45) is 2.12. The molecule has 1 aliphatic rings. The fourth-order valence-corrected chi connectivity index (χ4v) is 4.17. The van der Waals surface area contributed by atoms with Gasteiger partial charge in [0.2, 0.25) is 10.0 Å². The molecular weight excluding hydrogens is 432 g/mol. The van der Waals surface area contributed by atoms with E-state index in [1.54, 1.807) is 0 Å². The lowest BCUT2D eigenvalue weighted by Crippen LogP contribution is -2.32. The molecule has 0 saturated carbocycles. The van der Waals surface area contributed by atoms with Gasteiger partial charge in [-0.05, 0) is 42.5 Å². The van der Waals surface area contributed by atoms with Crippen molar-refractivity contribution < 1.29 is 17.9 Å². The van der Waals surface area contributed by atoms with Crippen LogP contribution >= 0.6 is 15.9 Å². The highest BCUT2D eigenvalue weighted by molar-refractivity contribution is 9.10. The van der Waals surface area contributed by atoms with Gasteiger partial charge in [-0.1, -0.05) is 22.0 Å². The predicted molar refractivity (Wildman–Crippen MR) is 106 cm³/mol. The van der Waals surface area contributed by atoms with Gasteiger partial charge in [-0.2, -0.15) is 0 Å². The predicted octanol–water partition coefficient (Wildman–Crippen LogP) is 3.17. The molecule has 1 unspecified atom stereocenters. The third-order valence-corrected chi connectivity index (χ3v) is 6.09. The Morgan fingerprint density at radius 2 is 2.00 bits per heavy atom. The molecule has 0 aliphatic carbocycles. The summed E-state index contributed by atoms with van der Waals surface area (Å²) in [6, 6.07) is 11.3. The number of ether oxygens (including phenoxy) is 1. The van der Waals surface area contributed by atoms with Crippen LogP contribution in [0.1, 0.15) is 28.4 Å². The van der Waals surface area contributed by atoms with Gasteiger partial charge < -0.3 is 10.1 Å². The Morgan fingerprint density at radius 3 is 2.70 bits per heavy atom. The molecule has 27 heavy (non-hydrogen) atoms. The maximum absolute atomic E-state index is 12.6. The van der Waals surface area contributed by atoms with Crippen molar-refractivity contribution in [2.24, 2.45) is 0 Å². The van der Waals surface area contributed by atoms with Crippen LogP contribution in [-0.4, -0.2) is 27.5 Å². The molecule has 2 N–H and O–H groups in total. The van der Waals surface area contributed by atoms with Crippen molar-refractivity contribution >= 4 is 31.9 Å². The number of fused-ring (bicyclic) bond motifs is 1. The molecule has 2 aromatic carbocycles. The van der Waals surface area contributed by atoms with Gasteiger partial charge in [-0.25, -0.2) is 13.1 Å². The van der Waals surface area contributed by atoms with Gasteiger partial charge in [0.05, 0.1) is 17.5 Å². The van der Waals surface area contributed by atoms with E-state index in [-0.39, 0.29) is 23.4 Å². The number of amides is 1. The highest BCUT2D eigenvalue weighted by atomic mass is 79.9. The van der Waals surface area contributed by atoms with E-state index < -0.39 is 10.0 Å². The average Bonchev–Trinajstić information content (AvgIpc) is 2.67. The molecule has 0 bridgehead atoms. The second-order valence-corrected chi connectivity index (χ2v) is 8.69. The van der Waals surface area contributed by atoms with Gasteiger partial charge in [-0.15, -0.1) is 6.58 Å². The lowest BCUT2D eigenvalue weighted by atomic mass is 10.00. The minimum Gasteiger partial charge on any atom is -0.493 e. The summed E-state index contributed by atoms with van der Waals surface area (Å²) in [5.74, 6) is 0.486. The Bertz CT molecular complexity index is 958. The number of carbonyl (C=O) groups excluding carboxylic acids is 1. The van der Waals surface area contributed by atoms with E-state index in [9.17, 15) is 13.2 Å². The first-order chi connectivity index (χ1) is 12.9. The average molecular weight is 451 g/mol. The van der Waals surface area contributed by atoms with Crippen LogP contribution in [0.2, 0.25) is 0 Å². The van der Waals surface area contributed by atoms with Gasteiger partial charge in [0, 0.05) is 28.6 Å².